The van der Waals surface area contributed by atoms with Gasteiger partial charge in [0.2, 0.25) is 5.91 Å². The van der Waals surface area contributed by atoms with E-state index in [1.165, 1.54) is 0 Å². The lowest BCUT2D eigenvalue weighted by Crippen LogP contribution is -2.49. The predicted octanol–water partition coefficient (Wildman–Crippen LogP) is -0.179. The van der Waals surface area contributed by atoms with Crippen molar-refractivity contribution in [3.63, 3.8) is 0 Å². The molecule has 0 spiro atoms. The lowest BCUT2D eigenvalue weighted by molar-refractivity contribution is -0.125. The lowest BCUT2D eigenvalue weighted by atomic mass is 10.0. The molecule has 5 nitrogen and oxygen atoms in total. The number of hydrogen-bond donors (Lipinski definition) is 2. The third kappa shape index (κ3) is 5.02. The molecule has 1 aliphatic rings. The number of carbonyl (C=O) groups is 1. The minimum absolute atomic E-state index is 0.0196. The average Bonchev–Trinajstić information content (AvgIpc) is 2.28. The summed E-state index contributed by atoms with van der Waals surface area (Å²) in [4.78, 5) is 13.8. The van der Waals surface area contributed by atoms with Gasteiger partial charge in [-0.15, -0.1) is 0 Å². The Hall–Kier alpha value is -0.650. The number of carbonyl (C=O) groups excluding carboxylic acids is 1. The van der Waals surface area contributed by atoms with Gasteiger partial charge in [0.15, 0.2) is 0 Å². The van der Waals surface area contributed by atoms with Crippen LogP contribution in [0.4, 0.5) is 0 Å². The van der Waals surface area contributed by atoms with Crippen LogP contribution in [0.1, 0.15) is 20.3 Å². The molecule has 0 aromatic rings. The summed E-state index contributed by atoms with van der Waals surface area (Å²) in [6, 6.07) is 0. The van der Waals surface area contributed by atoms with Gasteiger partial charge in [0.25, 0.3) is 0 Å². The molecule has 2 N–H and O–H groups in total. The first kappa shape index (κ1) is 14.4. The monoisotopic (exact) mass is 243 g/mol. The van der Waals surface area contributed by atoms with E-state index in [1.807, 2.05) is 14.1 Å². The molecule has 1 rings (SSSR count). The molecule has 0 bridgehead atoms. The second-order valence-corrected chi connectivity index (χ2v) is 5.38. The van der Waals surface area contributed by atoms with Gasteiger partial charge < -0.3 is 20.3 Å². The van der Waals surface area contributed by atoms with Gasteiger partial charge in [-0.05, 0) is 27.9 Å². The van der Waals surface area contributed by atoms with E-state index in [0.717, 1.165) is 13.1 Å². The summed E-state index contributed by atoms with van der Waals surface area (Å²) in [6.45, 7) is 7.20. The molecule has 5 heteroatoms. The molecule has 0 saturated carbocycles. The molecule has 1 saturated heterocycles. The third-order valence-corrected chi connectivity index (χ3v) is 3.35. The van der Waals surface area contributed by atoms with Crippen molar-refractivity contribution in [2.24, 2.45) is 0 Å². The second-order valence-electron chi connectivity index (χ2n) is 5.38. The summed E-state index contributed by atoms with van der Waals surface area (Å²) in [6.07, 6.45) is 0.461. The molecule has 17 heavy (non-hydrogen) atoms. The van der Waals surface area contributed by atoms with Crippen LogP contribution in [0.5, 0.6) is 0 Å². The molecule has 1 heterocycles. The second kappa shape index (κ2) is 6.33. The van der Waals surface area contributed by atoms with E-state index in [-0.39, 0.29) is 17.6 Å². The highest BCUT2D eigenvalue weighted by Gasteiger charge is 2.22. The average molecular weight is 243 g/mol. The SMILES string of the molecule is CN(C)C(C)(C)CNC(=O)CC1CNCCO1. The van der Waals surface area contributed by atoms with E-state index in [4.69, 9.17) is 4.74 Å². The molecule has 0 aliphatic carbocycles. The highest BCUT2D eigenvalue weighted by atomic mass is 16.5. The van der Waals surface area contributed by atoms with Crippen molar-refractivity contribution >= 4 is 5.91 Å². The van der Waals surface area contributed by atoms with Crippen molar-refractivity contribution < 1.29 is 9.53 Å². The number of likely N-dealkylation sites (N-methyl/N-ethyl adjacent to an activating group) is 1. The van der Waals surface area contributed by atoms with E-state index >= 15 is 0 Å². The first-order valence-corrected chi connectivity index (χ1v) is 6.18. The van der Waals surface area contributed by atoms with Gasteiger partial charge in [0.1, 0.15) is 0 Å². The Morgan fingerprint density at radius 3 is 2.76 bits per heavy atom. The Morgan fingerprint density at radius 2 is 2.24 bits per heavy atom. The van der Waals surface area contributed by atoms with Gasteiger partial charge in [0, 0.05) is 25.2 Å². The Bertz CT molecular complexity index is 248. The summed E-state index contributed by atoms with van der Waals surface area (Å²) in [5, 5.41) is 6.18. The van der Waals surface area contributed by atoms with Crippen LogP contribution in [0, 0.1) is 0 Å². The summed E-state index contributed by atoms with van der Waals surface area (Å²) in [7, 11) is 4.03. The van der Waals surface area contributed by atoms with Gasteiger partial charge in [-0.1, -0.05) is 0 Å². The largest absolute Gasteiger partial charge is 0.375 e. The van der Waals surface area contributed by atoms with Gasteiger partial charge in [0.05, 0.1) is 19.1 Å². The van der Waals surface area contributed by atoms with Crippen LogP contribution in [0.15, 0.2) is 0 Å². The minimum Gasteiger partial charge on any atom is -0.375 e. The topological polar surface area (TPSA) is 53.6 Å². The van der Waals surface area contributed by atoms with Gasteiger partial charge in [-0.2, -0.15) is 0 Å². The van der Waals surface area contributed by atoms with Crippen LogP contribution in [0.25, 0.3) is 0 Å². The quantitative estimate of drug-likeness (QED) is 0.703. The van der Waals surface area contributed by atoms with Crippen LogP contribution in [-0.2, 0) is 9.53 Å². The Labute approximate surface area is 104 Å². The molecule has 1 amide bonds. The number of nitrogens with one attached hydrogen (secondary N) is 2. The normalized spacial score (nSPS) is 21.6. The van der Waals surface area contributed by atoms with Crippen molar-refractivity contribution in [2.75, 3.05) is 40.3 Å². The van der Waals surface area contributed by atoms with E-state index in [9.17, 15) is 4.79 Å². The van der Waals surface area contributed by atoms with Crippen LogP contribution < -0.4 is 10.6 Å². The van der Waals surface area contributed by atoms with E-state index < -0.39 is 0 Å². The summed E-state index contributed by atoms with van der Waals surface area (Å²) in [5.74, 6) is 0.0635. The fourth-order valence-corrected chi connectivity index (χ4v) is 1.50. The van der Waals surface area contributed by atoms with Crippen molar-refractivity contribution in [3.05, 3.63) is 0 Å². The zero-order chi connectivity index (χ0) is 12.9. The number of nitrogens with zero attached hydrogens (tertiary/aromatic N) is 1. The molecule has 1 unspecified atom stereocenters. The number of rotatable bonds is 5. The van der Waals surface area contributed by atoms with E-state index in [1.54, 1.807) is 0 Å². The highest BCUT2D eigenvalue weighted by molar-refractivity contribution is 5.76. The fraction of sp³-hybridized carbons (Fsp3) is 0.917. The van der Waals surface area contributed by atoms with Gasteiger partial charge in [-0.3, -0.25) is 4.79 Å². The van der Waals surface area contributed by atoms with Gasteiger partial charge >= 0.3 is 0 Å². The van der Waals surface area contributed by atoms with E-state index in [2.05, 4.69) is 29.4 Å². The summed E-state index contributed by atoms with van der Waals surface area (Å²) < 4.78 is 5.49. The molecular weight excluding hydrogens is 218 g/mol. The highest BCUT2D eigenvalue weighted by Crippen LogP contribution is 2.08. The molecule has 1 fully saturated rings. The molecule has 1 aliphatic heterocycles. The maximum Gasteiger partial charge on any atom is 0.222 e. The van der Waals surface area contributed by atoms with Crippen LogP contribution in [0.2, 0.25) is 0 Å². The van der Waals surface area contributed by atoms with Crippen molar-refractivity contribution in [1.82, 2.24) is 15.5 Å². The predicted molar refractivity (Wildman–Crippen MR) is 68.0 cm³/mol. The zero-order valence-electron chi connectivity index (χ0n) is 11.4. The fourth-order valence-electron chi connectivity index (χ4n) is 1.50. The van der Waals surface area contributed by atoms with Crippen molar-refractivity contribution in [1.29, 1.82) is 0 Å². The first-order chi connectivity index (χ1) is 7.92. The first-order valence-electron chi connectivity index (χ1n) is 6.18. The third-order valence-electron chi connectivity index (χ3n) is 3.35. The van der Waals surface area contributed by atoms with Crippen LogP contribution >= 0.6 is 0 Å². The number of morpholine rings is 1. The Morgan fingerprint density at radius 1 is 1.53 bits per heavy atom. The number of ether oxygens (including phenoxy) is 1. The Kier molecular flexibility index (Phi) is 5.36. The summed E-state index contributed by atoms with van der Waals surface area (Å²) in [5.41, 5.74) is -0.0265. The number of amides is 1. The van der Waals surface area contributed by atoms with Crippen molar-refractivity contribution in [3.8, 4) is 0 Å². The Balaban J connectivity index is 2.25. The van der Waals surface area contributed by atoms with Crippen molar-refractivity contribution in [2.45, 2.75) is 31.9 Å². The van der Waals surface area contributed by atoms with Gasteiger partial charge in [-0.25, -0.2) is 0 Å². The van der Waals surface area contributed by atoms with Crippen LogP contribution in [-0.4, -0.2) is 62.8 Å². The molecular formula is C12H25N3O2. The van der Waals surface area contributed by atoms with E-state index in [0.29, 0.717) is 19.6 Å². The standard InChI is InChI=1S/C12H25N3O2/c1-12(2,15(3)4)9-14-11(16)7-10-8-13-5-6-17-10/h10,13H,5-9H2,1-4H3,(H,14,16). The minimum atomic E-state index is -0.0265. The maximum atomic E-state index is 11.7. The molecule has 0 aromatic heterocycles. The smallest absolute Gasteiger partial charge is 0.222 e. The zero-order valence-corrected chi connectivity index (χ0v) is 11.4. The molecule has 1 atom stereocenters. The maximum absolute atomic E-state index is 11.7. The number of hydrogen-bond acceptors (Lipinski definition) is 4. The summed E-state index contributed by atoms with van der Waals surface area (Å²) >= 11 is 0. The molecule has 0 aromatic carbocycles. The van der Waals surface area contributed by atoms with Crippen LogP contribution in [0.3, 0.4) is 0 Å². The lowest BCUT2D eigenvalue weighted by Gasteiger charge is -2.33. The molecule has 0 radical (unpaired) electrons. The molecule has 100 valence electrons.